The summed E-state index contributed by atoms with van der Waals surface area (Å²) in [6, 6.07) is 15.7. The predicted octanol–water partition coefficient (Wildman–Crippen LogP) is 3.55. The summed E-state index contributed by atoms with van der Waals surface area (Å²) in [5, 5.41) is 3.67. The normalized spacial score (nSPS) is 10.3. The maximum Gasteiger partial charge on any atom is 0.224 e. The number of carbonyl (C=O) groups excluding carboxylic acids is 1. The standard InChI is InChI=1S/C17H18ClNO/c1-13-2-4-15(5-3-13)12-17(20)19-11-10-14-6-8-16(18)9-7-14/h2-9H,10-12H2,1H3,(H,19,20). The molecule has 1 amide bonds. The molecule has 0 saturated carbocycles. The highest BCUT2D eigenvalue weighted by atomic mass is 35.5. The number of benzene rings is 2. The molecule has 3 heteroatoms. The Morgan fingerprint density at radius 3 is 2.25 bits per heavy atom. The molecule has 0 fully saturated rings. The van der Waals surface area contributed by atoms with Gasteiger partial charge in [-0.1, -0.05) is 53.6 Å². The van der Waals surface area contributed by atoms with Gasteiger partial charge in [-0.05, 0) is 36.6 Å². The molecule has 1 N–H and O–H groups in total. The Balaban J connectivity index is 1.75. The van der Waals surface area contributed by atoms with E-state index in [0.29, 0.717) is 13.0 Å². The zero-order chi connectivity index (χ0) is 14.4. The second kappa shape index (κ2) is 7.11. The molecule has 0 saturated heterocycles. The first kappa shape index (κ1) is 14.6. The highest BCUT2D eigenvalue weighted by Crippen LogP contribution is 2.09. The quantitative estimate of drug-likeness (QED) is 0.895. The first-order valence-electron chi connectivity index (χ1n) is 6.70. The second-order valence-corrected chi connectivity index (χ2v) is 5.33. The predicted molar refractivity (Wildman–Crippen MR) is 83.0 cm³/mol. The van der Waals surface area contributed by atoms with E-state index < -0.39 is 0 Å². The Kier molecular flexibility index (Phi) is 5.19. The van der Waals surface area contributed by atoms with Crippen LogP contribution in [0.5, 0.6) is 0 Å². The summed E-state index contributed by atoms with van der Waals surface area (Å²) in [6.45, 7) is 2.68. The van der Waals surface area contributed by atoms with Crippen LogP contribution in [0.25, 0.3) is 0 Å². The van der Waals surface area contributed by atoms with Gasteiger partial charge in [0.2, 0.25) is 5.91 Å². The number of rotatable bonds is 5. The number of amides is 1. The third-order valence-corrected chi connectivity index (χ3v) is 3.39. The third-order valence-electron chi connectivity index (χ3n) is 3.13. The van der Waals surface area contributed by atoms with E-state index in [-0.39, 0.29) is 5.91 Å². The maximum atomic E-state index is 11.8. The molecular weight excluding hydrogens is 270 g/mol. The molecular formula is C17H18ClNO. The smallest absolute Gasteiger partial charge is 0.224 e. The zero-order valence-electron chi connectivity index (χ0n) is 11.5. The summed E-state index contributed by atoms with van der Waals surface area (Å²) in [6.07, 6.45) is 1.25. The average Bonchev–Trinajstić information content (AvgIpc) is 2.44. The Morgan fingerprint density at radius 2 is 1.60 bits per heavy atom. The molecule has 0 aliphatic carbocycles. The fraction of sp³-hybridized carbons (Fsp3) is 0.235. The van der Waals surface area contributed by atoms with Gasteiger partial charge in [-0.15, -0.1) is 0 Å². The lowest BCUT2D eigenvalue weighted by atomic mass is 10.1. The molecule has 20 heavy (non-hydrogen) atoms. The summed E-state index contributed by atoms with van der Waals surface area (Å²) in [4.78, 5) is 11.8. The summed E-state index contributed by atoms with van der Waals surface area (Å²) in [5.41, 5.74) is 3.42. The van der Waals surface area contributed by atoms with Gasteiger partial charge in [0.15, 0.2) is 0 Å². The number of hydrogen-bond donors (Lipinski definition) is 1. The lowest BCUT2D eigenvalue weighted by Crippen LogP contribution is -2.27. The van der Waals surface area contributed by atoms with Crippen LogP contribution in [-0.4, -0.2) is 12.5 Å². The van der Waals surface area contributed by atoms with Crippen LogP contribution in [0.4, 0.5) is 0 Å². The van der Waals surface area contributed by atoms with Crippen molar-refractivity contribution < 1.29 is 4.79 Å². The topological polar surface area (TPSA) is 29.1 Å². The first-order chi connectivity index (χ1) is 9.63. The molecule has 2 rings (SSSR count). The molecule has 104 valence electrons. The Hall–Kier alpha value is -1.80. The second-order valence-electron chi connectivity index (χ2n) is 4.89. The van der Waals surface area contributed by atoms with Crippen molar-refractivity contribution >= 4 is 17.5 Å². The molecule has 0 aliphatic rings. The lowest BCUT2D eigenvalue weighted by Gasteiger charge is -2.06. The number of hydrogen-bond acceptors (Lipinski definition) is 1. The molecule has 0 heterocycles. The van der Waals surface area contributed by atoms with Crippen LogP contribution in [0.3, 0.4) is 0 Å². The molecule has 0 unspecified atom stereocenters. The molecule has 2 aromatic carbocycles. The highest BCUT2D eigenvalue weighted by Gasteiger charge is 2.02. The Bertz CT molecular complexity index is 561. The first-order valence-corrected chi connectivity index (χ1v) is 7.08. The van der Waals surface area contributed by atoms with E-state index in [9.17, 15) is 4.79 Å². The van der Waals surface area contributed by atoms with Gasteiger partial charge in [0.25, 0.3) is 0 Å². The van der Waals surface area contributed by atoms with E-state index in [2.05, 4.69) is 5.32 Å². The van der Waals surface area contributed by atoms with Crippen LogP contribution in [0.2, 0.25) is 5.02 Å². The van der Waals surface area contributed by atoms with Crippen molar-refractivity contribution in [2.75, 3.05) is 6.54 Å². The van der Waals surface area contributed by atoms with Crippen molar-refractivity contribution in [1.29, 1.82) is 0 Å². The minimum Gasteiger partial charge on any atom is -0.355 e. The van der Waals surface area contributed by atoms with Crippen molar-refractivity contribution in [2.24, 2.45) is 0 Å². The van der Waals surface area contributed by atoms with E-state index in [4.69, 9.17) is 11.6 Å². The number of halogens is 1. The van der Waals surface area contributed by atoms with Gasteiger partial charge < -0.3 is 5.32 Å². The highest BCUT2D eigenvalue weighted by molar-refractivity contribution is 6.30. The fourth-order valence-corrected chi connectivity index (χ4v) is 2.08. The minimum atomic E-state index is 0.0582. The molecule has 0 atom stereocenters. The molecule has 2 aromatic rings. The van der Waals surface area contributed by atoms with Crippen LogP contribution in [0.15, 0.2) is 48.5 Å². The van der Waals surface area contributed by atoms with E-state index in [1.54, 1.807) is 0 Å². The Labute approximate surface area is 124 Å². The monoisotopic (exact) mass is 287 g/mol. The van der Waals surface area contributed by atoms with Gasteiger partial charge in [0.05, 0.1) is 6.42 Å². The van der Waals surface area contributed by atoms with E-state index in [1.165, 1.54) is 11.1 Å². The van der Waals surface area contributed by atoms with E-state index in [0.717, 1.165) is 17.0 Å². The lowest BCUT2D eigenvalue weighted by molar-refractivity contribution is -0.120. The number of carbonyl (C=O) groups is 1. The third kappa shape index (κ3) is 4.71. The zero-order valence-corrected chi connectivity index (χ0v) is 12.3. The summed E-state index contributed by atoms with van der Waals surface area (Å²) >= 11 is 5.83. The van der Waals surface area contributed by atoms with Crippen molar-refractivity contribution in [1.82, 2.24) is 5.32 Å². The largest absolute Gasteiger partial charge is 0.355 e. The van der Waals surface area contributed by atoms with Crippen molar-refractivity contribution in [3.8, 4) is 0 Å². The summed E-state index contributed by atoms with van der Waals surface area (Å²) < 4.78 is 0. The van der Waals surface area contributed by atoms with Crippen LogP contribution in [-0.2, 0) is 17.6 Å². The van der Waals surface area contributed by atoms with E-state index >= 15 is 0 Å². The van der Waals surface area contributed by atoms with Crippen LogP contribution >= 0.6 is 11.6 Å². The SMILES string of the molecule is Cc1ccc(CC(=O)NCCc2ccc(Cl)cc2)cc1. The molecule has 0 radical (unpaired) electrons. The van der Waals surface area contributed by atoms with Gasteiger partial charge in [0, 0.05) is 11.6 Å². The fourth-order valence-electron chi connectivity index (χ4n) is 1.95. The Morgan fingerprint density at radius 1 is 1.00 bits per heavy atom. The van der Waals surface area contributed by atoms with Crippen LogP contribution < -0.4 is 5.32 Å². The van der Waals surface area contributed by atoms with Gasteiger partial charge in [-0.25, -0.2) is 0 Å². The van der Waals surface area contributed by atoms with Gasteiger partial charge in [-0.2, -0.15) is 0 Å². The van der Waals surface area contributed by atoms with Crippen molar-refractivity contribution in [2.45, 2.75) is 19.8 Å². The summed E-state index contributed by atoms with van der Waals surface area (Å²) in [5.74, 6) is 0.0582. The van der Waals surface area contributed by atoms with Crippen LogP contribution in [0, 0.1) is 6.92 Å². The molecule has 0 aromatic heterocycles. The van der Waals surface area contributed by atoms with Crippen molar-refractivity contribution in [3.63, 3.8) is 0 Å². The van der Waals surface area contributed by atoms with E-state index in [1.807, 2.05) is 55.5 Å². The minimum absolute atomic E-state index is 0.0582. The van der Waals surface area contributed by atoms with Crippen LogP contribution in [0.1, 0.15) is 16.7 Å². The number of aryl methyl sites for hydroxylation is 1. The molecule has 0 spiro atoms. The van der Waals surface area contributed by atoms with Gasteiger partial charge in [0.1, 0.15) is 0 Å². The van der Waals surface area contributed by atoms with Crippen molar-refractivity contribution in [3.05, 3.63) is 70.2 Å². The average molecular weight is 288 g/mol. The molecule has 0 aliphatic heterocycles. The molecule has 0 bridgehead atoms. The summed E-state index contributed by atoms with van der Waals surface area (Å²) in [7, 11) is 0. The van der Waals surface area contributed by atoms with Gasteiger partial charge in [-0.3, -0.25) is 4.79 Å². The number of nitrogens with one attached hydrogen (secondary N) is 1. The molecule has 2 nitrogen and oxygen atoms in total. The maximum absolute atomic E-state index is 11.8. The van der Waals surface area contributed by atoms with Gasteiger partial charge >= 0.3 is 0 Å².